The van der Waals surface area contributed by atoms with Gasteiger partial charge in [-0.3, -0.25) is 0 Å². The number of unbranched alkanes of at least 4 members (excludes halogenated alkanes) is 1. The Morgan fingerprint density at radius 1 is 1.64 bits per heavy atom. The van der Waals surface area contributed by atoms with Crippen LogP contribution < -0.4 is 0 Å². The largest absolute Gasteiger partial charge is 0.379 e. The summed E-state index contributed by atoms with van der Waals surface area (Å²) in [4.78, 5) is 0. The second-order valence-electron chi connectivity index (χ2n) is 2.73. The van der Waals surface area contributed by atoms with Crippen molar-refractivity contribution in [1.82, 2.24) is 0 Å². The second-order valence-corrected chi connectivity index (χ2v) is 2.73. The van der Waals surface area contributed by atoms with Crippen LogP contribution in [-0.4, -0.2) is 12.7 Å². The van der Waals surface area contributed by atoms with Crippen molar-refractivity contribution in [3.8, 4) is 6.07 Å². The third kappa shape index (κ3) is 7.35. The highest BCUT2D eigenvalue weighted by molar-refractivity contribution is 4.65. The Bertz CT molecular complexity index is 111. The number of nitriles is 1. The molecule has 1 heterocycles. The van der Waals surface area contributed by atoms with E-state index in [0.717, 1.165) is 13.0 Å². The highest BCUT2D eigenvalue weighted by Crippen LogP contribution is 2.09. The zero-order valence-corrected chi connectivity index (χ0v) is 7.47. The van der Waals surface area contributed by atoms with Crippen LogP contribution in [0.1, 0.15) is 39.5 Å². The van der Waals surface area contributed by atoms with Gasteiger partial charge >= 0.3 is 0 Å². The van der Waals surface area contributed by atoms with Gasteiger partial charge < -0.3 is 4.74 Å². The minimum absolute atomic E-state index is 0.546. The molecule has 11 heavy (non-hydrogen) atoms. The van der Waals surface area contributed by atoms with E-state index in [1.54, 1.807) is 0 Å². The number of ether oxygens (including phenoxy) is 1. The van der Waals surface area contributed by atoms with E-state index in [0.29, 0.717) is 12.5 Å². The molecule has 64 valence electrons. The first-order valence-electron chi connectivity index (χ1n) is 4.29. The van der Waals surface area contributed by atoms with Crippen LogP contribution in [-0.2, 0) is 4.74 Å². The van der Waals surface area contributed by atoms with Gasteiger partial charge in [0.15, 0.2) is 0 Å². The molecule has 0 amide bonds. The quantitative estimate of drug-likeness (QED) is 0.583. The minimum Gasteiger partial charge on any atom is -0.379 e. The standard InChI is InChI=1S/C5H10O.C4H7N/c1-5-3-2-4-6-5;1-2-3-4-5/h5H,2-4H2,1H3;2-3H2,1H3. The molecule has 0 N–H and O–H groups in total. The van der Waals surface area contributed by atoms with E-state index in [4.69, 9.17) is 10.00 Å². The van der Waals surface area contributed by atoms with Crippen LogP contribution in [0.15, 0.2) is 0 Å². The SMILES string of the molecule is CC1CCCO1.CCCC#N. The van der Waals surface area contributed by atoms with Crippen molar-refractivity contribution in [2.24, 2.45) is 0 Å². The Kier molecular flexibility index (Phi) is 7.18. The van der Waals surface area contributed by atoms with Crippen LogP contribution >= 0.6 is 0 Å². The number of hydrogen-bond acceptors (Lipinski definition) is 2. The average Bonchev–Trinajstić information content (AvgIpc) is 2.43. The highest BCUT2D eigenvalue weighted by Gasteiger charge is 2.07. The topological polar surface area (TPSA) is 33.0 Å². The number of nitrogens with zero attached hydrogens (tertiary/aromatic N) is 1. The van der Waals surface area contributed by atoms with Crippen molar-refractivity contribution in [3.05, 3.63) is 0 Å². The molecule has 0 saturated carbocycles. The molecule has 1 fully saturated rings. The van der Waals surface area contributed by atoms with E-state index in [1.807, 2.05) is 13.0 Å². The van der Waals surface area contributed by atoms with Crippen molar-refractivity contribution >= 4 is 0 Å². The summed E-state index contributed by atoms with van der Waals surface area (Å²) in [6.45, 7) is 5.09. The van der Waals surface area contributed by atoms with E-state index in [9.17, 15) is 0 Å². The van der Waals surface area contributed by atoms with E-state index in [-0.39, 0.29) is 0 Å². The molecule has 1 rings (SSSR count). The Morgan fingerprint density at radius 2 is 2.36 bits per heavy atom. The van der Waals surface area contributed by atoms with Crippen LogP contribution in [0, 0.1) is 11.3 Å². The van der Waals surface area contributed by atoms with Gasteiger partial charge in [0, 0.05) is 13.0 Å². The molecule has 2 nitrogen and oxygen atoms in total. The molecule has 1 saturated heterocycles. The minimum atomic E-state index is 0.546. The third-order valence-corrected chi connectivity index (χ3v) is 1.52. The van der Waals surface area contributed by atoms with Crippen molar-refractivity contribution in [2.45, 2.75) is 45.6 Å². The first-order chi connectivity index (χ1) is 5.31. The lowest BCUT2D eigenvalue weighted by Gasteiger charge is -1.94. The van der Waals surface area contributed by atoms with E-state index in [1.165, 1.54) is 12.8 Å². The molecular weight excluding hydrogens is 138 g/mol. The van der Waals surface area contributed by atoms with Gasteiger partial charge in [0.25, 0.3) is 0 Å². The predicted octanol–water partition coefficient (Wildman–Crippen LogP) is 2.50. The molecular formula is C9H17NO. The second kappa shape index (κ2) is 7.56. The Morgan fingerprint density at radius 3 is 2.45 bits per heavy atom. The monoisotopic (exact) mass is 155 g/mol. The summed E-state index contributed by atoms with van der Waals surface area (Å²) < 4.78 is 5.15. The fourth-order valence-corrected chi connectivity index (χ4v) is 0.850. The molecule has 0 aromatic rings. The van der Waals surface area contributed by atoms with E-state index in [2.05, 4.69) is 6.92 Å². The van der Waals surface area contributed by atoms with Crippen molar-refractivity contribution in [3.63, 3.8) is 0 Å². The summed E-state index contributed by atoms with van der Waals surface area (Å²) in [7, 11) is 0. The summed E-state index contributed by atoms with van der Waals surface area (Å²) in [6.07, 6.45) is 4.75. The number of rotatable bonds is 1. The maximum atomic E-state index is 7.82. The van der Waals surface area contributed by atoms with Crippen LogP contribution in [0.25, 0.3) is 0 Å². The van der Waals surface area contributed by atoms with Gasteiger partial charge in [-0.2, -0.15) is 5.26 Å². The van der Waals surface area contributed by atoms with E-state index < -0.39 is 0 Å². The van der Waals surface area contributed by atoms with Crippen LogP contribution in [0.4, 0.5) is 0 Å². The molecule has 1 aliphatic heterocycles. The summed E-state index contributed by atoms with van der Waals surface area (Å²) in [5.74, 6) is 0. The molecule has 1 unspecified atom stereocenters. The summed E-state index contributed by atoms with van der Waals surface area (Å²) in [5, 5.41) is 7.82. The molecule has 0 spiro atoms. The molecule has 0 radical (unpaired) electrons. The first kappa shape index (κ1) is 10.4. The normalized spacial score (nSPS) is 21.7. The smallest absolute Gasteiger partial charge is 0.0621 e. The molecule has 2 heteroatoms. The van der Waals surface area contributed by atoms with Gasteiger partial charge in [0.2, 0.25) is 0 Å². The zero-order valence-electron chi connectivity index (χ0n) is 7.47. The van der Waals surface area contributed by atoms with Crippen LogP contribution in [0.2, 0.25) is 0 Å². The van der Waals surface area contributed by atoms with Crippen LogP contribution in [0.3, 0.4) is 0 Å². The molecule has 0 aromatic heterocycles. The molecule has 0 aromatic carbocycles. The Hall–Kier alpha value is -0.550. The highest BCUT2D eigenvalue weighted by atomic mass is 16.5. The summed E-state index contributed by atoms with van der Waals surface area (Å²) >= 11 is 0. The predicted molar refractivity (Wildman–Crippen MR) is 45.2 cm³/mol. The summed E-state index contributed by atoms with van der Waals surface area (Å²) in [6, 6.07) is 2.02. The Labute approximate surface area is 69.2 Å². The lowest BCUT2D eigenvalue weighted by Crippen LogP contribution is -1.94. The van der Waals surface area contributed by atoms with Gasteiger partial charge in [-0.05, 0) is 26.2 Å². The molecule has 1 aliphatic rings. The fourth-order valence-electron chi connectivity index (χ4n) is 0.850. The maximum absolute atomic E-state index is 7.82. The number of hydrogen-bond donors (Lipinski definition) is 0. The Balaban J connectivity index is 0.000000187. The van der Waals surface area contributed by atoms with Crippen molar-refractivity contribution < 1.29 is 4.74 Å². The first-order valence-corrected chi connectivity index (χ1v) is 4.29. The van der Waals surface area contributed by atoms with Gasteiger partial charge in [0.1, 0.15) is 0 Å². The van der Waals surface area contributed by atoms with Gasteiger partial charge in [0.05, 0.1) is 12.2 Å². The van der Waals surface area contributed by atoms with Crippen LogP contribution in [0.5, 0.6) is 0 Å². The van der Waals surface area contributed by atoms with Gasteiger partial charge in [-0.25, -0.2) is 0 Å². The maximum Gasteiger partial charge on any atom is 0.0621 e. The van der Waals surface area contributed by atoms with Gasteiger partial charge in [-0.15, -0.1) is 0 Å². The lowest BCUT2D eigenvalue weighted by molar-refractivity contribution is 0.125. The average molecular weight is 155 g/mol. The molecule has 1 atom stereocenters. The fraction of sp³-hybridized carbons (Fsp3) is 0.889. The lowest BCUT2D eigenvalue weighted by atomic mass is 10.3. The van der Waals surface area contributed by atoms with E-state index >= 15 is 0 Å². The third-order valence-electron chi connectivity index (χ3n) is 1.52. The van der Waals surface area contributed by atoms with Gasteiger partial charge in [-0.1, -0.05) is 6.92 Å². The summed E-state index contributed by atoms with van der Waals surface area (Å²) in [5.41, 5.74) is 0. The zero-order chi connectivity index (χ0) is 8.53. The van der Waals surface area contributed by atoms with Crippen molar-refractivity contribution in [2.75, 3.05) is 6.61 Å². The molecule has 0 aliphatic carbocycles. The van der Waals surface area contributed by atoms with Crippen molar-refractivity contribution in [1.29, 1.82) is 5.26 Å². The molecule has 0 bridgehead atoms.